The molecule has 2 aromatic rings. The Bertz CT molecular complexity index is 542. The minimum absolute atomic E-state index is 0.143. The molecule has 3 N–H and O–H groups in total. The van der Waals surface area contributed by atoms with E-state index in [-0.39, 0.29) is 6.35 Å². The van der Waals surface area contributed by atoms with Crippen LogP contribution in [0.25, 0.3) is 5.52 Å². The summed E-state index contributed by atoms with van der Waals surface area (Å²) in [5, 5.41) is 4.08. The maximum Gasteiger partial charge on any atom is 0.534 e. The van der Waals surface area contributed by atoms with Crippen molar-refractivity contribution in [3.8, 4) is 0 Å². The second-order valence-electron chi connectivity index (χ2n) is 3.41. The molecule has 0 aromatic carbocycles. The monoisotopic (exact) mass is 255 g/mol. The maximum atomic E-state index is 10.4. The minimum atomic E-state index is -2.23. The first-order chi connectivity index (χ1) is 8.18. The lowest BCUT2D eigenvalue weighted by Gasteiger charge is -2.01. The van der Waals surface area contributed by atoms with Gasteiger partial charge in [0, 0.05) is 12.1 Å². The van der Waals surface area contributed by atoms with Crippen molar-refractivity contribution in [3.05, 3.63) is 24.2 Å². The first-order valence-electron chi connectivity index (χ1n) is 4.97. The van der Waals surface area contributed by atoms with Gasteiger partial charge in [-0.3, -0.25) is 0 Å². The molecule has 17 heavy (non-hydrogen) atoms. The molecule has 7 nitrogen and oxygen atoms in total. The molecule has 0 saturated carbocycles. The highest BCUT2D eigenvalue weighted by Gasteiger charge is 2.10. The van der Waals surface area contributed by atoms with E-state index >= 15 is 0 Å². The van der Waals surface area contributed by atoms with Gasteiger partial charge in [-0.2, -0.15) is 9.99 Å². The summed E-state index contributed by atoms with van der Waals surface area (Å²) in [5.74, 6) is 0.422. The summed E-state index contributed by atoms with van der Waals surface area (Å²) in [6, 6.07) is 3.71. The van der Waals surface area contributed by atoms with E-state index in [1.165, 1.54) is 6.33 Å². The number of anilines is 1. The van der Waals surface area contributed by atoms with Crippen LogP contribution in [0.5, 0.6) is 0 Å². The van der Waals surface area contributed by atoms with Crippen LogP contribution in [0.3, 0.4) is 0 Å². The van der Waals surface area contributed by atoms with Gasteiger partial charge in [0.1, 0.15) is 11.8 Å². The van der Waals surface area contributed by atoms with Gasteiger partial charge in [-0.05, 0) is 16.7 Å². The maximum absolute atomic E-state index is 10.4. The van der Waals surface area contributed by atoms with Crippen molar-refractivity contribution in [2.75, 3.05) is 18.7 Å². The first-order valence-corrected chi connectivity index (χ1v) is 6.36. The van der Waals surface area contributed by atoms with E-state index < -0.39 is 8.03 Å². The van der Waals surface area contributed by atoms with Gasteiger partial charge in [0.25, 0.3) is 6.35 Å². The molecule has 2 heterocycles. The molecule has 0 saturated heterocycles. The van der Waals surface area contributed by atoms with Gasteiger partial charge in [0.05, 0.1) is 6.61 Å². The highest BCUT2D eigenvalue weighted by atomic mass is 31.1. The summed E-state index contributed by atoms with van der Waals surface area (Å²) in [6.45, 7) is 0.359. The molecule has 0 amide bonds. The summed E-state index contributed by atoms with van der Waals surface area (Å²) in [4.78, 5) is 12.4. The van der Waals surface area contributed by atoms with Crippen LogP contribution < -0.4 is 5.73 Å². The highest BCUT2D eigenvalue weighted by Crippen LogP contribution is 2.15. The number of rotatable bonds is 5. The minimum Gasteiger partial charge on any atom is -0.382 e. The lowest BCUT2D eigenvalue weighted by molar-refractivity contribution is 0.174. The van der Waals surface area contributed by atoms with E-state index in [0.29, 0.717) is 18.8 Å². The molecule has 0 bridgehead atoms. The Balaban J connectivity index is 2.04. The number of nitrogens with zero attached hydrogens (tertiary/aromatic N) is 3. The second-order valence-corrected chi connectivity index (χ2v) is 4.37. The first kappa shape index (κ1) is 11.9. The van der Waals surface area contributed by atoms with Crippen molar-refractivity contribution in [1.82, 2.24) is 14.6 Å². The molecule has 0 radical (unpaired) electrons. The van der Waals surface area contributed by atoms with Crippen LogP contribution in [0.4, 0.5) is 5.82 Å². The zero-order chi connectivity index (χ0) is 12.3. The fourth-order valence-electron chi connectivity index (χ4n) is 1.52. The Morgan fingerprint density at radius 3 is 3.12 bits per heavy atom. The van der Waals surface area contributed by atoms with E-state index in [9.17, 15) is 4.57 Å². The molecule has 0 fully saturated rings. The van der Waals surface area contributed by atoms with Gasteiger partial charge >= 0.3 is 8.03 Å². The predicted molar refractivity (Wildman–Crippen MR) is 61.7 cm³/mol. The van der Waals surface area contributed by atoms with Gasteiger partial charge in [-0.15, -0.1) is 0 Å². The van der Waals surface area contributed by atoms with Gasteiger partial charge in [-0.1, -0.05) is 0 Å². The predicted octanol–water partition coefficient (Wildman–Crippen LogP) is 0.563. The molecule has 2 rings (SSSR count). The van der Waals surface area contributed by atoms with E-state index in [1.54, 1.807) is 4.52 Å². The van der Waals surface area contributed by atoms with Gasteiger partial charge < -0.3 is 10.5 Å². The van der Waals surface area contributed by atoms with Crippen LogP contribution in [0.15, 0.2) is 18.5 Å². The number of nitrogens with two attached hydrogens (primary N) is 1. The Hall–Kier alpha value is -1.56. The van der Waals surface area contributed by atoms with Gasteiger partial charge in [0.2, 0.25) is 0 Å². The third-order valence-electron chi connectivity index (χ3n) is 2.26. The van der Waals surface area contributed by atoms with Crippen LogP contribution in [-0.4, -0.2) is 32.4 Å². The standard InChI is InChI=1S/C9H11N4O3P/c10-9-8-2-1-7(13(8)12-5-11-9)3-4-16-6-17(14)15/h1-2,5H,3-4,6H2,(H2-,10,11,12,14,15)/p+1. The Kier molecular flexibility index (Phi) is 3.63. The molecular formula is C9H12N4O3P+. The molecule has 2 aromatic heterocycles. The molecule has 0 aliphatic rings. The van der Waals surface area contributed by atoms with E-state index in [2.05, 4.69) is 10.1 Å². The van der Waals surface area contributed by atoms with Crippen molar-refractivity contribution in [2.24, 2.45) is 0 Å². The number of hydrogen-bond donors (Lipinski definition) is 2. The van der Waals surface area contributed by atoms with Crippen molar-refractivity contribution < 1.29 is 14.2 Å². The largest absolute Gasteiger partial charge is 0.534 e. The summed E-state index contributed by atoms with van der Waals surface area (Å²) in [6.07, 6.45) is 1.83. The van der Waals surface area contributed by atoms with Crippen LogP contribution in [-0.2, 0) is 15.7 Å². The zero-order valence-electron chi connectivity index (χ0n) is 8.98. The molecule has 0 aliphatic carbocycles. The zero-order valence-corrected chi connectivity index (χ0v) is 9.88. The number of hydrogen-bond acceptors (Lipinski definition) is 5. The van der Waals surface area contributed by atoms with E-state index in [1.807, 2.05) is 12.1 Å². The third kappa shape index (κ3) is 2.76. The van der Waals surface area contributed by atoms with Crippen molar-refractivity contribution in [3.63, 3.8) is 0 Å². The molecule has 8 heteroatoms. The summed E-state index contributed by atoms with van der Waals surface area (Å²) in [7, 11) is -2.23. The van der Waals surface area contributed by atoms with Crippen LogP contribution in [0, 0.1) is 0 Å². The molecule has 90 valence electrons. The molecule has 1 unspecified atom stereocenters. The van der Waals surface area contributed by atoms with Crippen LogP contribution in [0.2, 0.25) is 0 Å². The molecule has 1 atom stereocenters. The van der Waals surface area contributed by atoms with Crippen molar-refractivity contribution >= 4 is 19.4 Å². The van der Waals surface area contributed by atoms with Gasteiger partial charge in [0.15, 0.2) is 5.82 Å². The van der Waals surface area contributed by atoms with E-state index in [0.717, 1.165) is 11.2 Å². The van der Waals surface area contributed by atoms with Crippen molar-refractivity contribution in [2.45, 2.75) is 6.42 Å². The van der Waals surface area contributed by atoms with Crippen molar-refractivity contribution in [1.29, 1.82) is 0 Å². The fourth-order valence-corrected chi connectivity index (χ4v) is 1.80. The topological polar surface area (TPSA) is 103 Å². The lowest BCUT2D eigenvalue weighted by Crippen LogP contribution is -2.05. The van der Waals surface area contributed by atoms with Crippen LogP contribution >= 0.6 is 8.03 Å². The molecule has 0 aliphatic heterocycles. The van der Waals surface area contributed by atoms with E-state index in [4.69, 9.17) is 15.4 Å². The number of ether oxygens (including phenoxy) is 1. The SMILES string of the molecule is Nc1ncnn2c(CCOC[P+](=O)O)ccc12. The fraction of sp³-hybridized carbons (Fsp3) is 0.333. The average molecular weight is 255 g/mol. The second kappa shape index (κ2) is 5.18. The summed E-state index contributed by atoms with van der Waals surface area (Å²) >= 11 is 0. The Morgan fingerprint density at radius 1 is 1.53 bits per heavy atom. The van der Waals surface area contributed by atoms with Crippen LogP contribution in [0.1, 0.15) is 5.69 Å². The third-order valence-corrected chi connectivity index (χ3v) is 2.67. The quantitative estimate of drug-likeness (QED) is 0.597. The summed E-state index contributed by atoms with van der Waals surface area (Å²) < 4.78 is 17.1. The number of nitrogen functional groups attached to an aromatic ring is 1. The summed E-state index contributed by atoms with van der Waals surface area (Å²) in [5.41, 5.74) is 7.35. The normalized spacial score (nSPS) is 11.9. The molecule has 0 spiro atoms. The number of aromatic nitrogens is 3. The number of fused-ring (bicyclic) bond motifs is 1. The lowest BCUT2D eigenvalue weighted by atomic mass is 10.3. The average Bonchev–Trinajstić information content (AvgIpc) is 2.69. The molecular weight excluding hydrogens is 243 g/mol. The van der Waals surface area contributed by atoms with Gasteiger partial charge in [-0.25, -0.2) is 9.50 Å². The smallest absolute Gasteiger partial charge is 0.382 e. The Morgan fingerprint density at radius 2 is 2.35 bits per heavy atom. The Labute approximate surface area is 98.1 Å². The highest BCUT2D eigenvalue weighted by molar-refractivity contribution is 7.37.